The van der Waals surface area contributed by atoms with Crippen molar-refractivity contribution in [2.45, 2.75) is 33.6 Å². The predicted octanol–water partition coefficient (Wildman–Crippen LogP) is 4.02. The van der Waals surface area contributed by atoms with Gasteiger partial charge in [0.2, 0.25) is 11.8 Å². The van der Waals surface area contributed by atoms with Crippen molar-refractivity contribution >= 4 is 23.2 Å². The molecule has 2 aromatic carbocycles. The largest absolute Gasteiger partial charge is 0.326 e. The maximum atomic E-state index is 12.1. The van der Waals surface area contributed by atoms with Crippen LogP contribution in [0.4, 0.5) is 11.4 Å². The van der Waals surface area contributed by atoms with Crippen molar-refractivity contribution < 1.29 is 9.59 Å². The lowest BCUT2D eigenvalue weighted by molar-refractivity contribution is -0.116. The van der Waals surface area contributed by atoms with Gasteiger partial charge < -0.3 is 10.6 Å². The molecule has 4 nitrogen and oxygen atoms in total. The molecule has 126 valence electrons. The monoisotopic (exact) mass is 324 g/mol. The normalized spacial score (nSPS) is 10.5. The van der Waals surface area contributed by atoms with Gasteiger partial charge in [-0.05, 0) is 47.7 Å². The number of hydrogen-bond donors (Lipinski definition) is 2. The van der Waals surface area contributed by atoms with Crippen molar-refractivity contribution in [2.75, 3.05) is 10.6 Å². The first-order chi connectivity index (χ1) is 11.4. The van der Waals surface area contributed by atoms with Crippen LogP contribution in [-0.4, -0.2) is 11.8 Å². The Bertz CT molecular complexity index is 689. The molecule has 2 N–H and O–H groups in total. The summed E-state index contributed by atoms with van der Waals surface area (Å²) in [5.74, 6) is 0.450. The fraction of sp³-hybridized carbons (Fsp3) is 0.300. The fourth-order valence-electron chi connectivity index (χ4n) is 2.50. The highest BCUT2D eigenvalue weighted by molar-refractivity contribution is 5.93. The van der Waals surface area contributed by atoms with Crippen LogP contribution in [0.3, 0.4) is 0 Å². The number of amides is 2. The highest BCUT2D eigenvalue weighted by Gasteiger charge is 2.05. The van der Waals surface area contributed by atoms with Crippen molar-refractivity contribution in [3.8, 4) is 0 Å². The van der Waals surface area contributed by atoms with E-state index in [0.29, 0.717) is 23.7 Å². The van der Waals surface area contributed by atoms with Gasteiger partial charge in [0, 0.05) is 18.3 Å². The molecule has 0 atom stereocenters. The lowest BCUT2D eigenvalue weighted by atomic mass is 10.0. The van der Waals surface area contributed by atoms with Gasteiger partial charge >= 0.3 is 0 Å². The Morgan fingerprint density at radius 2 is 1.33 bits per heavy atom. The van der Waals surface area contributed by atoms with Gasteiger partial charge in [0.05, 0.1) is 6.42 Å². The zero-order valence-corrected chi connectivity index (χ0v) is 14.4. The Hall–Kier alpha value is -2.62. The van der Waals surface area contributed by atoms with E-state index in [-0.39, 0.29) is 11.8 Å². The van der Waals surface area contributed by atoms with E-state index in [2.05, 4.69) is 36.6 Å². The summed E-state index contributed by atoms with van der Waals surface area (Å²) in [6.07, 6.45) is 1.39. The van der Waals surface area contributed by atoms with Crippen LogP contribution < -0.4 is 10.6 Å². The van der Waals surface area contributed by atoms with Gasteiger partial charge in [-0.25, -0.2) is 0 Å². The molecular formula is C20H24N2O2. The van der Waals surface area contributed by atoms with Crippen LogP contribution in [0.25, 0.3) is 0 Å². The van der Waals surface area contributed by atoms with Crippen LogP contribution in [0, 0.1) is 5.92 Å². The summed E-state index contributed by atoms with van der Waals surface area (Å²) in [6, 6.07) is 15.3. The minimum absolute atomic E-state index is 0.0566. The van der Waals surface area contributed by atoms with E-state index in [1.165, 1.54) is 12.5 Å². The summed E-state index contributed by atoms with van der Waals surface area (Å²) in [5.41, 5.74) is 3.71. The molecular weight excluding hydrogens is 300 g/mol. The maximum absolute atomic E-state index is 12.1. The Morgan fingerprint density at radius 1 is 0.833 bits per heavy atom. The molecule has 0 spiro atoms. The molecule has 4 heteroatoms. The Balaban J connectivity index is 1.89. The molecule has 0 aliphatic carbocycles. The molecule has 0 aromatic heterocycles. The molecule has 0 fully saturated rings. The topological polar surface area (TPSA) is 58.2 Å². The van der Waals surface area contributed by atoms with Crippen LogP contribution in [0.5, 0.6) is 0 Å². The van der Waals surface area contributed by atoms with Gasteiger partial charge in [0.25, 0.3) is 0 Å². The number of benzene rings is 2. The molecule has 0 aliphatic heterocycles. The molecule has 0 radical (unpaired) electrons. The van der Waals surface area contributed by atoms with Crippen molar-refractivity contribution in [3.05, 3.63) is 59.7 Å². The van der Waals surface area contributed by atoms with Crippen molar-refractivity contribution in [1.29, 1.82) is 0 Å². The standard InChI is InChI=1S/C20H24N2O2/c1-14(2)12-16-4-6-17(7-5-16)13-20(24)22-19-10-8-18(9-11-19)21-15(3)23/h4-11,14H,12-13H2,1-3H3,(H,21,23)(H,22,24). The van der Waals surface area contributed by atoms with Crippen LogP contribution >= 0.6 is 0 Å². The highest BCUT2D eigenvalue weighted by atomic mass is 16.2. The van der Waals surface area contributed by atoms with Gasteiger partial charge in [-0.1, -0.05) is 38.1 Å². The molecule has 2 aromatic rings. The van der Waals surface area contributed by atoms with Gasteiger partial charge in [-0.15, -0.1) is 0 Å². The quantitative estimate of drug-likeness (QED) is 0.843. The molecule has 0 saturated carbocycles. The molecule has 2 rings (SSSR count). The number of nitrogens with one attached hydrogen (secondary N) is 2. The van der Waals surface area contributed by atoms with E-state index < -0.39 is 0 Å². The fourth-order valence-corrected chi connectivity index (χ4v) is 2.50. The number of carbonyl (C=O) groups excluding carboxylic acids is 2. The molecule has 0 heterocycles. The number of rotatable bonds is 6. The Kier molecular flexibility index (Phi) is 6.13. The molecule has 0 saturated heterocycles. The van der Waals surface area contributed by atoms with Crippen molar-refractivity contribution in [2.24, 2.45) is 5.92 Å². The van der Waals surface area contributed by atoms with E-state index >= 15 is 0 Å². The summed E-state index contributed by atoms with van der Waals surface area (Å²) in [6.45, 7) is 5.85. The van der Waals surface area contributed by atoms with Crippen LogP contribution in [-0.2, 0) is 22.4 Å². The number of anilines is 2. The van der Waals surface area contributed by atoms with Crippen LogP contribution in [0.2, 0.25) is 0 Å². The Labute approximate surface area is 143 Å². The predicted molar refractivity (Wildman–Crippen MR) is 98.1 cm³/mol. The third-order valence-corrected chi connectivity index (χ3v) is 3.52. The Morgan fingerprint density at radius 3 is 1.83 bits per heavy atom. The molecule has 0 aliphatic rings. The summed E-state index contributed by atoms with van der Waals surface area (Å²) in [5, 5.41) is 5.56. The van der Waals surface area contributed by atoms with Crippen molar-refractivity contribution in [3.63, 3.8) is 0 Å². The summed E-state index contributed by atoms with van der Waals surface area (Å²) >= 11 is 0. The van der Waals surface area contributed by atoms with E-state index in [0.717, 1.165) is 12.0 Å². The number of hydrogen-bond acceptors (Lipinski definition) is 2. The van der Waals surface area contributed by atoms with E-state index in [9.17, 15) is 9.59 Å². The van der Waals surface area contributed by atoms with E-state index in [1.54, 1.807) is 24.3 Å². The first-order valence-corrected chi connectivity index (χ1v) is 8.17. The maximum Gasteiger partial charge on any atom is 0.228 e. The second kappa shape index (κ2) is 8.29. The van der Waals surface area contributed by atoms with Crippen molar-refractivity contribution in [1.82, 2.24) is 0 Å². The van der Waals surface area contributed by atoms with Gasteiger partial charge in [-0.2, -0.15) is 0 Å². The smallest absolute Gasteiger partial charge is 0.228 e. The molecule has 0 bridgehead atoms. The summed E-state index contributed by atoms with van der Waals surface area (Å²) in [7, 11) is 0. The van der Waals surface area contributed by atoms with Gasteiger partial charge in [-0.3, -0.25) is 9.59 Å². The first kappa shape index (κ1) is 17.7. The second-order valence-corrected chi connectivity index (χ2v) is 6.40. The average molecular weight is 324 g/mol. The first-order valence-electron chi connectivity index (χ1n) is 8.17. The zero-order valence-electron chi connectivity index (χ0n) is 14.4. The molecule has 0 unspecified atom stereocenters. The second-order valence-electron chi connectivity index (χ2n) is 6.40. The van der Waals surface area contributed by atoms with E-state index in [4.69, 9.17) is 0 Å². The lowest BCUT2D eigenvalue weighted by Crippen LogP contribution is -2.14. The minimum Gasteiger partial charge on any atom is -0.326 e. The molecule has 24 heavy (non-hydrogen) atoms. The third kappa shape index (κ3) is 5.88. The van der Waals surface area contributed by atoms with Crippen LogP contribution in [0.1, 0.15) is 31.9 Å². The third-order valence-electron chi connectivity index (χ3n) is 3.52. The zero-order chi connectivity index (χ0) is 17.5. The number of carbonyl (C=O) groups is 2. The lowest BCUT2D eigenvalue weighted by Gasteiger charge is -2.08. The summed E-state index contributed by atoms with van der Waals surface area (Å²) in [4.78, 5) is 23.1. The highest BCUT2D eigenvalue weighted by Crippen LogP contribution is 2.15. The van der Waals surface area contributed by atoms with Gasteiger partial charge in [0.15, 0.2) is 0 Å². The van der Waals surface area contributed by atoms with Gasteiger partial charge in [0.1, 0.15) is 0 Å². The summed E-state index contributed by atoms with van der Waals surface area (Å²) < 4.78 is 0. The minimum atomic E-state index is -0.118. The average Bonchev–Trinajstić information content (AvgIpc) is 2.50. The SMILES string of the molecule is CC(=O)Nc1ccc(NC(=O)Cc2ccc(CC(C)C)cc2)cc1. The van der Waals surface area contributed by atoms with E-state index in [1.807, 2.05) is 12.1 Å². The molecule has 2 amide bonds. The van der Waals surface area contributed by atoms with Crippen LogP contribution in [0.15, 0.2) is 48.5 Å².